The summed E-state index contributed by atoms with van der Waals surface area (Å²) in [6, 6.07) is 5.12. The third-order valence-corrected chi connectivity index (χ3v) is 7.36. The number of nitrogens with zero attached hydrogens (tertiary/aromatic N) is 3. The van der Waals surface area contributed by atoms with Gasteiger partial charge in [0.05, 0.1) is 16.6 Å². The zero-order valence-corrected chi connectivity index (χ0v) is 18.4. The van der Waals surface area contributed by atoms with Gasteiger partial charge in [0.15, 0.2) is 0 Å². The Labute approximate surface area is 183 Å². The molecule has 1 aliphatic heterocycles. The van der Waals surface area contributed by atoms with Crippen LogP contribution in [0.2, 0.25) is 9.36 Å². The summed E-state index contributed by atoms with van der Waals surface area (Å²) in [7, 11) is -3.69. The number of halogens is 2. The van der Waals surface area contributed by atoms with Gasteiger partial charge in [0.1, 0.15) is 10.8 Å². The molecule has 29 heavy (non-hydrogen) atoms. The molecule has 0 bridgehead atoms. The Bertz CT molecular complexity index is 1030. The summed E-state index contributed by atoms with van der Waals surface area (Å²) in [4.78, 5) is 18.6. The molecule has 0 aromatic carbocycles. The standard InChI is InChI=1S/C17H19Cl2N5O3S2/c18-14-2-1-12(28-14)4-10-29(26,27)24-9-8-23(15(25)11-24)7-6-21-13-3-5-22-17(20)16(13)19/h1-5,10H,6-9,11H2,(H3,20,21,22)/b10-4+. The highest BCUT2D eigenvalue weighted by molar-refractivity contribution is 7.92. The lowest BCUT2D eigenvalue weighted by Crippen LogP contribution is -2.52. The lowest BCUT2D eigenvalue weighted by molar-refractivity contribution is -0.133. The van der Waals surface area contributed by atoms with Crippen LogP contribution in [0.15, 0.2) is 29.8 Å². The number of nitrogens with one attached hydrogen (secondary N) is 1. The van der Waals surface area contributed by atoms with E-state index in [1.54, 1.807) is 23.1 Å². The van der Waals surface area contributed by atoms with Gasteiger partial charge >= 0.3 is 0 Å². The second-order valence-corrected chi connectivity index (χ2v) is 10.1. The van der Waals surface area contributed by atoms with Crippen molar-refractivity contribution in [3.63, 3.8) is 0 Å². The van der Waals surface area contributed by atoms with Gasteiger partial charge in [-0.1, -0.05) is 23.2 Å². The summed E-state index contributed by atoms with van der Waals surface area (Å²) in [5.41, 5.74) is 6.29. The molecule has 12 heteroatoms. The molecule has 156 valence electrons. The molecule has 1 saturated heterocycles. The molecule has 0 spiro atoms. The van der Waals surface area contributed by atoms with Gasteiger partial charge in [0, 0.05) is 42.7 Å². The maximum atomic E-state index is 12.5. The molecule has 0 unspecified atom stereocenters. The van der Waals surface area contributed by atoms with Crippen LogP contribution < -0.4 is 11.1 Å². The summed E-state index contributed by atoms with van der Waals surface area (Å²) in [5.74, 6) is -0.0287. The third-order valence-electron chi connectivity index (χ3n) is 4.26. The lowest BCUT2D eigenvalue weighted by atomic mass is 10.3. The highest BCUT2D eigenvalue weighted by Crippen LogP contribution is 2.25. The number of carbonyl (C=O) groups is 1. The number of amides is 1. The molecule has 0 radical (unpaired) electrons. The first kappa shape index (κ1) is 21.8. The van der Waals surface area contributed by atoms with Crippen LogP contribution in [0.25, 0.3) is 6.08 Å². The fourth-order valence-electron chi connectivity index (χ4n) is 2.72. The Hall–Kier alpha value is -1.85. The number of piperazine rings is 1. The van der Waals surface area contributed by atoms with E-state index in [2.05, 4.69) is 10.3 Å². The zero-order valence-electron chi connectivity index (χ0n) is 15.2. The highest BCUT2D eigenvalue weighted by Gasteiger charge is 2.30. The Morgan fingerprint density at radius 3 is 2.76 bits per heavy atom. The quantitative estimate of drug-likeness (QED) is 0.636. The minimum absolute atomic E-state index is 0.194. The van der Waals surface area contributed by atoms with Crippen LogP contribution in [-0.4, -0.2) is 61.2 Å². The number of anilines is 2. The summed E-state index contributed by atoms with van der Waals surface area (Å²) < 4.78 is 26.7. The Morgan fingerprint density at radius 2 is 2.07 bits per heavy atom. The minimum Gasteiger partial charge on any atom is -0.382 e. The molecule has 1 fully saturated rings. The molecular formula is C17H19Cl2N5O3S2. The fourth-order valence-corrected chi connectivity index (χ4v) is 5.07. The van der Waals surface area contributed by atoms with Gasteiger partial charge in [0.25, 0.3) is 0 Å². The van der Waals surface area contributed by atoms with Gasteiger partial charge in [-0.3, -0.25) is 4.79 Å². The predicted molar refractivity (Wildman–Crippen MR) is 118 cm³/mol. The van der Waals surface area contributed by atoms with Gasteiger partial charge in [-0.05, 0) is 24.3 Å². The van der Waals surface area contributed by atoms with Crippen LogP contribution in [0.3, 0.4) is 0 Å². The normalized spacial score (nSPS) is 15.9. The van der Waals surface area contributed by atoms with E-state index < -0.39 is 10.0 Å². The van der Waals surface area contributed by atoms with Crippen molar-refractivity contribution in [3.8, 4) is 0 Å². The van der Waals surface area contributed by atoms with Crippen molar-refractivity contribution in [2.75, 3.05) is 43.8 Å². The van der Waals surface area contributed by atoms with Gasteiger partial charge in [-0.2, -0.15) is 4.31 Å². The number of aromatic nitrogens is 1. The van der Waals surface area contributed by atoms with E-state index in [4.69, 9.17) is 28.9 Å². The Kier molecular flexibility index (Phi) is 7.01. The molecule has 2 aromatic rings. The number of hydrogen-bond donors (Lipinski definition) is 2. The molecule has 8 nitrogen and oxygen atoms in total. The third kappa shape index (κ3) is 5.61. The lowest BCUT2D eigenvalue weighted by Gasteiger charge is -2.33. The fraction of sp³-hybridized carbons (Fsp3) is 0.294. The van der Waals surface area contributed by atoms with E-state index in [0.717, 1.165) is 10.3 Å². The second kappa shape index (κ2) is 9.31. The summed E-state index contributed by atoms with van der Waals surface area (Å²) >= 11 is 13.2. The van der Waals surface area contributed by atoms with Gasteiger partial charge in [-0.15, -0.1) is 11.3 Å². The van der Waals surface area contributed by atoms with Crippen molar-refractivity contribution >= 4 is 68.1 Å². The SMILES string of the molecule is Nc1nccc(NCCN2CCN(S(=O)(=O)/C=C/c3ccc(Cl)s3)CC2=O)c1Cl. The van der Waals surface area contributed by atoms with Crippen LogP contribution in [0, 0.1) is 0 Å². The van der Waals surface area contributed by atoms with Crippen molar-refractivity contribution in [3.05, 3.63) is 44.0 Å². The highest BCUT2D eigenvalue weighted by atomic mass is 35.5. The summed E-state index contributed by atoms with van der Waals surface area (Å²) in [6.07, 6.45) is 3.02. The van der Waals surface area contributed by atoms with Crippen molar-refractivity contribution in [2.45, 2.75) is 0 Å². The Balaban J connectivity index is 1.52. The number of nitrogen functional groups attached to an aromatic ring is 1. The molecule has 1 amide bonds. The van der Waals surface area contributed by atoms with E-state index in [0.29, 0.717) is 34.7 Å². The first-order chi connectivity index (χ1) is 13.8. The van der Waals surface area contributed by atoms with E-state index in [1.807, 2.05) is 0 Å². The van der Waals surface area contributed by atoms with Gasteiger partial charge < -0.3 is 16.0 Å². The number of nitrogens with two attached hydrogens (primary N) is 1. The number of thiophene rings is 1. The zero-order chi connectivity index (χ0) is 21.0. The smallest absolute Gasteiger partial charge is 0.238 e. The van der Waals surface area contributed by atoms with E-state index >= 15 is 0 Å². The molecule has 2 aromatic heterocycles. The topological polar surface area (TPSA) is 109 Å². The number of pyridine rings is 1. The van der Waals surface area contributed by atoms with E-state index in [-0.39, 0.29) is 24.8 Å². The molecular weight excluding hydrogens is 457 g/mol. The van der Waals surface area contributed by atoms with E-state index in [9.17, 15) is 13.2 Å². The summed E-state index contributed by atoms with van der Waals surface area (Å²) in [6.45, 7) is 1.20. The maximum Gasteiger partial charge on any atom is 0.238 e. The number of carbonyl (C=O) groups excluding carboxylic acids is 1. The molecule has 0 atom stereocenters. The average molecular weight is 476 g/mol. The molecule has 3 rings (SSSR count). The molecule has 0 saturated carbocycles. The largest absolute Gasteiger partial charge is 0.382 e. The van der Waals surface area contributed by atoms with Gasteiger partial charge in [0.2, 0.25) is 15.9 Å². The maximum absolute atomic E-state index is 12.5. The number of hydrogen-bond acceptors (Lipinski definition) is 7. The summed E-state index contributed by atoms with van der Waals surface area (Å²) in [5, 5.41) is 4.54. The molecule has 1 aliphatic rings. The predicted octanol–water partition coefficient (Wildman–Crippen LogP) is 2.59. The van der Waals surface area contributed by atoms with Crippen LogP contribution in [0.4, 0.5) is 11.5 Å². The molecule has 3 heterocycles. The van der Waals surface area contributed by atoms with Crippen LogP contribution >= 0.6 is 34.5 Å². The monoisotopic (exact) mass is 475 g/mol. The van der Waals surface area contributed by atoms with Crippen LogP contribution in [0.1, 0.15) is 4.88 Å². The first-order valence-electron chi connectivity index (χ1n) is 8.61. The van der Waals surface area contributed by atoms with E-state index in [1.165, 1.54) is 27.9 Å². The van der Waals surface area contributed by atoms with Crippen molar-refractivity contribution in [1.29, 1.82) is 0 Å². The molecule has 0 aliphatic carbocycles. The number of sulfonamides is 1. The first-order valence-corrected chi connectivity index (χ1v) is 11.7. The number of rotatable bonds is 7. The second-order valence-electron chi connectivity index (χ2n) is 6.19. The minimum atomic E-state index is -3.69. The Morgan fingerprint density at radius 1 is 1.28 bits per heavy atom. The van der Waals surface area contributed by atoms with Crippen molar-refractivity contribution < 1.29 is 13.2 Å². The van der Waals surface area contributed by atoms with Crippen LogP contribution in [0.5, 0.6) is 0 Å². The van der Waals surface area contributed by atoms with Crippen molar-refractivity contribution in [2.24, 2.45) is 0 Å². The van der Waals surface area contributed by atoms with Crippen LogP contribution in [-0.2, 0) is 14.8 Å². The van der Waals surface area contributed by atoms with Crippen molar-refractivity contribution in [1.82, 2.24) is 14.2 Å². The molecule has 3 N–H and O–H groups in total. The average Bonchev–Trinajstić information content (AvgIpc) is 3.10. The van der Waals surface area contributed by atoms with Gasteiger partial charge in [-0.25, -0.2) is 13.4 Å².